The van der Waals surface area contributed by atoms with Gasteiger partial charge in [0.15, 0.2) is 0 Å². The molecule has 0 bridgehead atoms. The number of piperidine rings is 1. The molecule has 3 aromatic rings. The smallest absolute Gasteiger partial charge is 0.225 e. The number of nitrogens with zero attached hydrogens (tertiary/aromatic N) is 2. The quantitative estimate of drug-likeness (QED) is 0.729. The Morgan fingerprint density at radius 3 is 2.86 bits per heavy atom. The van der Waals surface area contributed by atoms with Crippen molar-refractivity contribution in [2.45, 2.75) is 38.1 Å². The minimum atomic E-state index is 0.0102. The number of H-pyrrole nitrogens is 1. The van der Waals surface area contributed by atoms with Gasteiger partial charge in [0, 0.05) is 13.1 Å². The number of carbonyl (C=O) groups excluding carboxylic acids is 1. The molecule has 2 N–H and O–H groups in total. The van der Waals surface area contributed by atoms with Crippen LogP contribution < -0.4 is 10.2 Å². The van der Waals surface area contributed by atoms with Crippen molar-refractivity contribution in [3.05, 3.63) is 59.7 Å². The maximum atomic E-state index is 13.1. The SMILES string of the molecule is O=C(N[C@@H]1CCCc2ccccc21)[C@@H]1CCCN(c2nc3ccccc3[nH]2)C1. The van der Waals surface area contributed by atoms with Crippen molar-refractivity contribution >= 4 is 22.9 Å². The summed E-state index contributed by atoms with van der Waals surface area (Å²) in [5.41, 5.74) is 4.70. The Kier molecular flexibility index (Phi) is 4.51. The minimum absolute atomic E-state index is 0.0102. The van der Waals surface area contributed by atoms with Crippen LogP contribution in [0.5, 0.6) is 0 Å². The Morgan fingerprint density at radius 1 is 1.07 bits per heavy atom. The van der Waals surface area contributed by atoms with Crippen molar-refractivity contribution in [2.75, 3.05) is 18.0 Å². The van der Waals surface area contributed by atoms with Crippen LogP contribution in [0.2, 0.25) is 0 Å². The number of carbonyl (C=O) groups is 1. The van der Waals surface area contributed by atoms with Gasteiger partial charge in [-0.2, -0.15) is 0 Å². The zero-order valence-corrected chi connectivity index (χ0v) is 16.0. The van der Waals surface area contributed by atoms with Gasteiger partial charge in [0.05, 0.1) is 23.0 Å². The van der Waals surface area contributed by atoms with E-state index in [1.54, 1.807) is 0 Å². The number of rotatable bonds is 3. The number of benzene rings is 2. The molecule has 144 valence electrons. The van der Waals surface area contributed by atoms with Gasteiger partial charge < -0.3 is 15.2 Å². The number of amides is 1. The number of hydrogen-bond acceptors (Lipinski definition) is 3. The molecule has 2 aromatic carbocycles. The van der Waals surface area contributed by atoms with E-state index < -0.39 is 0 Å². The number of fused-ring (bicyclic) bond motifs is 2. The van der Waals surface area contributed by atoms with Crippen LogP contribution in [-0.4, -0.2) is 29.0 Å². The van der Waals surface area contributed by atoms with Gasteiger partial charge in [-0.1, -0.05) is 36.4 Å². The zero-order valence-electron chi connectivity index (χ0n) is 16.0. The first-order valence-electron chi connectivity index (χ1n) is 10.4. The Morgan fingerprint density at radius 2 is 1.93 bits per heavy atom. The number of aromatic amines is 1. The highest BCUT2D eigenvalue weighted by Gasteiger charge is 2.30. The second-order valence-corrected chi connectivity index (χ2v) is 8.01. The van der Waals surface area contributed by atoms with E-state index in [2.05, 4.69) is 39.5 Å². The van der Waals surface area contributed by atoms with E-state index in [0.717, 1.165) is 62.2 Å². The molecule has 1 aliphatic carbocycles. The summed E-state index contributed by atoms with van der Waals surface area (Å²) >= 11 is 0. The number of para-hydroxylation sites is 2. The normalized spacial score (nSPS) is 22.1. The summed E-state index contributed by atoms with van der Waals surface area (Å²) < 4.78 is 0. The number of imidazole rings is 1. The first kappa shape index (κ1) is 17.3. The van der Waals surface area contributed by atoms with Gasteiger partial charge in [-0.25, -0.2) is 4.98 Å². The first-order valence-corrected chi connectivity index (χ1v) is 10.4. The number of hydrogen-bond donors (Lipinski definition) is 2. The molecule has 1 aliphatic heterocycles. The van der Waals surface area contributed by atoms with Crippen molar-refractivity contribution in [1.29, 1.82) is 0 Å². The van der Waals surface area contributed by atoms with Gasteiger partial charge in [0.25, 0.3) is 0 Å². The molecule has 5 nitrogen and oxygen atoms in total. The Hall–Kier alpha value is -2.82. The molecule has 1 aromatic heterocycles. The van der Waals surface area contributed by atoms with Crippen LogP contribution >= 0.6 is 0 Å². The van der Waals surface area contributed by atoms with E-state index in [1.807, 2.05) is 24.3 Å². The molecule has 28 heavy (non-hydrogen) atoms. The monoisotopic (exact) mass is 374 g/mol. The highest BCUT2D eigenvalue weighted by Crippen LogP contribution is 2.30. The summed E-state index contributed by atoms with van der Waals surface area (Å²) in [6, 6.07) is 16.8. The van der Waals surface area contributed by atoms with E-state index in [4.69, 9.17) is 4.98 Å². The molecule has 0 radical (unpaired) electrons. The zero-order chi connectivity index (χ0) is 18.9. The maximum Gasteiger partial charge on any atom is 0.225 e. The molecule has 2 atom stereocenters. The predicted octanol–water partition coefficient (Wildman–Crippen LogP) is 3.97. The Balaban J connectivity index is 1.29. The van der Waals surface area contributed by atoms with E-state index in [9.17, 15) is 4.79 Å². The van der Waals surface area contributed by atoms with E-state index in [-0.39, 0.29) is 17.9 Å². The van der Waals surface area contributed by atoms with Crippen LogP contribution in [0.15, 0.2) is 48.5 Å². The fraction of sp³-hybridized carbons (Fsp3) is 0.391. The summed E-state index contributed by atoms with van der Waals surface area (Å²) in [7, 11) is 0. The Labute approximate surface area is 165 Å². The van der Waals surface area contributed by atoms with E-state index in [0.29, 0.717) is 0 Å². The Bertz CT molecular complexity index is 962. The molecule has 1 amide bonds. The van der Waals surface area contributed by atoms with Crippen LogP contribution in [-0.2, 0) is 11.2 Å². The number of anilines is 1. The summed E-state index contributed by atoms with van der Waals surface area (Å²) in [6.45, 7) is 1.66. The molecule has 5 rings (SSSR count). The lowest BCUT2D eigenvalue weighted by molar-refractivity contribution is -0.126. The van der Waals surface area contributed by atoms with Crippen LogP contribution in [0.1, 0.15) is 42.9 Å². The number of aryl methyl sites for hydroxylation is 1. The van der Waals surface area contributed by atoms with Crippen molar-refractivity contribution in [3.63, 3.8) is 0 Å². The van der Waals surface area contributed by atoms with E-state index >= 15 is 0 Å². The van der Waals surface area contributed by atoms with Crippen LogP contribution in [0.4, 0.5) is 5.95 Å². The third-order valence-electron chi connectivity index (χ3n) is 6.15. The number of aromatic nitrogens is 2. The standard InChI is InChI=1S/C23H26N4O/c28-22(24-19-13-5-8-16-7-1-2-10-18(16)19)17-9-6-14-27(15-17)23-25-20-11-3-4-12-21(20)26-23/h1-4,7,10-12,17,19H,5-6,8-9,13-15H2,(H,24,28)(H,25,26)/t17-,19-/m1/s1. The second-order valence-electron chi connectivity index (χ2n) is 8.01. The topological polar surface area (TPSA) is 61.0 Å². The van der Waals surface area contributed by atoms with Crippen LogP contribution in [0.25, 0.3) is 11.0 Å². The lowest BCUT2D eigenvalue weighted by atomic mass is 9.87. The minimum Gasteiger partial charge on any atom is -0.349 e. The van der Waals surface area contributed by atoms with Gasteiger partial charge in [-0.05, 0) is 55.4 Å². The molecule has 0 unspecified atom stereocenters. The maximum absolute atomic E-state index is 13.1. The molecule has 2 aliphatic rings. The second kappa shape index (κ2) is 7.30. The summed E-state index contributed by atoms with van der Waals surface area (Å²) in [5.74, 6) is 1.07. The third-order valence-corrected chi connectivity index (χ3v) is 6.15. The largest absolute Gasteiger partial charge is 0.349 e. The summed E-state index contributed by atoms with van der Waals surface area (Å²) in [4.78, 5) is 23.4. The van der Waals surface area contributed by atoms with Crippen LogP contribution in [0.3, 0.4) is 0 Å². The van der Waals surface area contributed by atoms with Crippen LogP contribution in [0, 0.1) is 5.92 Å². The predicted molar refractivity (Wildman–Crippen MR) is 111 cm³/mol. The molecule has 5 heteroatoms. The van der Waals surface area contributed by atoms with Crippen molar-refractivity contribution in [3.8, 4) is 0 Å². The lowest BCUT2D eigenvalue weighted by Gasteiger charge is -2.33. The van der Waals surface area contributed by atoms with E-state index in [1.165, 1.54) is 11.1 Å². The fourth-order valence-corrected chi connectivity index (χ4v) is 4.67. The fourth-order valence-electron chi connectivity index (χ4n) is 4.67. The average Bonchev–Trinajstić information content (AvgIpc) is 3.18. The van der Waals surface area contributed by atoms with Gasteiger partial charge in [0.1, 0.15) is 0 Å². The average molecular weight is 374 g/mol. The molecule has 0 spiro atoms. The highest BCUT2D eigenvalue weighted by molar-refractivity contribution is 5.81. The highest BCUT2D eigenvalue weighted by atomic mass is 16.2. The van der Waals surface area contributed by atoms with Gasteiger partial charge >= 0.3 is 0 Å². The summed E-state index contributed by atoms with van der Waals surface area (Å²) in [5, 5.41) is 3.35. The van der Waals surface area contributed by atoms with Gasteiger partial charge in [-0.3, -0.25) is 4.79 Å². The summed E-state index contributed by atoms with van der Waals surface area (Å²) in [6.07, 6.45) is 5.24. The molecular formula is C23H26N4O. The molecular weight excluding hydrogens is 348 g/mol. The molecule has 0 saturated carbocycles. The number of nitrogens with one attached hydrogen (secondary N) is 2. The van der Waals surface area contributed by atoms with Gasteiger partial charge in [0.2, 0.25) is 11.9 Å². The molecule has 1 fully saturated rings. The molecule has 1 saturated heterocycles. The van der Waals surface area contributed by atoms with Crippen molar-refractivity contribution in [1.82, 2.24) is 15.3 Å². The third kappa shape index (κ3) is 3.26. The molecule has 2 heterocycles. The first-order chi connectivity index (χ1) is 13.8. The lowest BCUT2D eigenvalue weighted by Crippen LogP contribution is -2.44. The van der Waals surface area contributed by atoms with Gasteiger partial charge in [-0.15, -0.1) is 0 Å². The van der Waals surface area contributed by atoms with Crippen molar-refractivity contribution in [2.24, 2.45) is 5.92 Å². The van der Waals surface area contributed by atoms with Crippen molar-refractivity contribution < 1.29 is 4.79 Å².